The molecule has 330 valence electrons. The standard InChI is InChI=1S/C63H50N4Si2/c64-62(48-25-23-39-56(45-48)68(50-27-7-1-8-28-50,51-29-9-2-10-30-51)52-31-11-3-12-32-52)66-63(65-47-67-60-43-21-19-41-58(60)59-42-20-22-44-61(59)67)49-26-24-40-57(46-49)69(53-33-13-4-14-34-53,54-35-15-5-16-36-54)55-37-17-6-18-38-55/h1-46H,47H2,(H2,64,65,66). The number of nitrogens with zero attached hydrogens (tertiary/aromatic N) is 3. The molecule has 0 atom stereocenters. The van der Waals surface area contributed by atoms with E-state index in [1.165, 1.54) is 52.3 Å². The maximum Gasteiger partial charge on any atom is 0.179 e. The number of nitrogens with two attached hydrogens (primary N) is 1. The summed E-state index contributed by atoms with van der Waals surface area (Å²) in [5.41, 5.74) is 11.4. The van der Waals surface area contributed by atoms with Crippen LogP contribution in [0.25, 0.3) is 21.8 Å². The van der Waals surface area contributed by atoms with Crippen LogP contribution in [0.1, 0.15) is 11.1 Å². The third-order valence-electron chi connectivity index (χ3n) is 13.7. The molecule has 11 rings (SSSR count). The lowest BCUT2D eigenvalue weighted by atomic mass is 10.2. The average molecular weight is 919 g/mol. The molecule has 0 bridgehead atoms. The quantitative estimate of drug-likeness (QED) is 0.0570. The number of hydrogen-bond donors (Lipinski definition) is 1. The van der Waals surface area contributed by atoms with Crippen LogP contribution < -0.4 is 47.2 Å². The van der Waals surface area contributed by atoms with E-state index in [0.29, 0.717) is 18.3 Å². The van der Waals surface area contributed by atoms with E-state index in [-0.39, 0.29) is 0 Å². The van der Waals surface area contributed by atoms with Gasteiger partial charge in [0, 0.05) is 21.9 Å². The molecule has 0 unspecified atom stereocenters. The fourth-order valence-electron chi connectivity index (χ4n) is 10.6. The van der Waals surface area contributed by atoms with Gasteiger partial charge in [-0.15, -0.1) is 0 Å². The van der Waals surface area contributed by atoms with Gasteiger partial charge in [0.25, 0.3) is 0 Å². The maximum atomic E-state index is 7.38. The van der Waals surface area contributed by atoms with Gasteiger partial charge < -0.3 is 10.3 Å². The minimum Gasteiger partial charge on any atom is -0.383 e. The summed E-state index contributed by atoms with van der Waals surface area (Å²) in [6.45, 7) is 0.342. The SMILES string of the molecule is NC(=N/C(=N\Cn1c2ccccc2c2ccccc21)c1cccc([Si](c2ccccc2)(c2ccccc2)c2ccccc2)c1)c1cccc([Si](c2ccccc2)(c2ccccc2)c2ccccc2)c1. The molecule has 1 heterocycles. The molecule has 0 radical (unpaired) electrons. The van der Waals surface area contributed by atoms with E-state index in [9.17, 15) is 0 Å². The van der Waals surface area contributed by atoms with Crippen molar-refractivity contribution in [2.45, 2.75) is 6.67 Å². The fourth-order valence-corrected chi connectivity index (χ4v) is 20.2. The van der Waals surface area contributed by atoms with Gasteiger partial charge in [0.05, 0.1) is 11.0 Å². The smallest absolute Gasteiger partial charge is 0.179 e. The molecule has 0 spiro atoms. The molecule has 0 aliphatic carbocycles. The summed E-state index contributed by atoms with van der Waals surface area (Å²) in [7, 11) is -5.74. The zero-order valence-corrected chi connectivity index (χ0v) is 40.2. The Morgan fingerprint density at radius 2 is 0.638 bits per heavy atom. The summed E-state index contributed by atoms with van der Waals surface area (Å²) in [4.78, 5) is 10.9. The summed E-state index contributed by atoms with van der Waals surface area (Å²) in [6.07, 6.45) is 0. The molecular formula is C63H50N4Si2. The van der Waals surface area contributed by atoms with E-state index in [4.69, 9.17) is 15.7 Å². The topological polar surface area (TPSA) is 55.7 Å². The normalized spacial score (nSPS) is 12.3. The molecule has 6 heteroatoms. The zero-order chi connectivity index (χ0) is 46.5. The molecule has 0 saturated carbocycles. The number of aromatic nitrogens is 1. The largest absolute Gasteiger partial charge is 0.383 e. The number of aliphatic imine (C=N–C) groups is 2. The van der Waals surface area contributed by atoms with Crippen molar-refractivity contribution >= 4 is 91.1 Å². The lowest BCUT2D eigenvalue weighted by Gasteiger charge is -2.34. The van der Waals surface area contributed by atoms with Crippen LogP contribution in [0.3, 0.4) is 0 Å². The molecule has 10 aromatic carbocycles. The summed E-state index contributed by atoms with van der Waals surface area (Å²) in [6, 6.07) is 101. The lowest BCUT2D eigenvalue weighted by molar-refractivity contribution is 0.791. The van der Waals surface area contributed by atoms with E-state index < -0.39 is 16.1 Å². The van der Waals surface area contributed by atoms with Gasteiger partial charge in [0.15, 0.2) is 22.0 Å². The third-order valence-corrected chi connectivity index (χ3v) is 23.2. The second kappa shape index (κ2) is 19.1. The van der Waals surface area contributed by atoms with Crippen molar-refractivity contribution in [3.63, 3.8) is 0 Å². The van der Waals surface area contributed by atoms with Gasteiger partial charge in [-0.1, -0.05) is 267 Å². The number of amidine groups is 2. The molecule has 0 saturated heterocycles. The Bertz CT molecular complexity index is 3330. The highest BCUT2D eigenvalue weighted by Crippen LogP contribution is 2.29. The van der Waals surface area contributed by atoms with Crippen molar-refractivity contribution in [1.82, 2.24) is 4.57 Å². The molecule has 0 amide bonds. The van der Waals surface area contributed by atoms with Gasteiger partial charge >= 0.3 is 0 Å². The van der Waals surface area contributed by atoms with Crippen molar-refractivity contribution in [2.75, 3.05) is 0 Å². The van der Waals surface area contributed by atoms with E-state index in [1.807, 2.05) is 0 Å². The first-order valence-electron chi connectivity index (χ1n) is 23.6. The summed E-state index contributed by atoms with van der Waals surface area (Å²) in [5, 5.41) is 12.6. The van der Waals surface area contributed by atoms with Crippen LogP contribution >= 0.6 is 0 Å². The summed E-state index contributed by atoms with van der Waals surface area (Å²) < 4.78 is 2.29. The molecule has 0 fully saturated rings. The number of rotatable bonds is 12. The Morgan fingerprint density at radius 1 is 0.333 bits per heavy atom. The van der Waals surface area contributed by atoms with Crippen LogP contribution in [0, 0.1) is 0 Å². The van der Waals surface area contributed by atoms with Crippen LogP contribution in [0.5, 0.6) is 0 Å². The Morgan fingerprint density at radius 3 is 1.01 bits per heavy atom. The number of hydrogen-bond acceptors (Lipinski definition) is 1. The number of benzene rings is 10. The zero-order valence-electron chi connectivity index (χ0n) is 38.2. The van der Waals surface area contributed by atoms with Crippen molar-refractivity contribution in [2.24, 2.45) is 15.7 Å². The molecule has 11 aromatic rings. The third kappa shape index (κ3) is 7.85. The molecule has 69 heavy (non-hydrogen) atoms. The van der Waals surface area contributed by atoms with Crippen molar-refractivity contribution in [3.05, 3.63) is 290 Å². The summed E-state index contributed by atoms with van der Waals surface area (Å²) in [5.74, 6) is 0.967. The monoisotopic (exact) mass is 918 g/mol. The van der Waals surface area contributed by atoms with Gasteiger partial charge in [-0.2, -0.15) is 0 Å². The summed E-state index contributed by atoms with van der Waals surface area (Å²) >= 11 is 0. The van der Waals surface area contributed by atoms with Crippen molar-refractivity contribution < 1.29 is 0 Å². The van der Waals surface area contributed by atoms with Crippen LogP contribution in [-0.2, 0) is 6.67 Å². The number of fused-ring (bicyclic) bond motifs is 3. The molecule has 2 N–H and O–H groups in total. The Labute approximate surface area is 406 Å². The van der Waals surface area contributed by atoms with Gasteiger partial charge in [-0.3, -0.25) is 0 Å². The Balaban J connectivity index is 1.12. The second-order valence-electron chi connectivity index (χ2n) is 17.4. The van der Waals surface area contributed by atoms with Crippen LogP contribution in [0.4, 0.5) is 0 Å². The lowest BCUT2D eigenvalue weighted by Crippen LogP contribution is -2.74. The first kappa shape index (κ1) is 43.2. The minimum absolute atomic E-state index is 0.342. The highest BCUT2D eigenvalue weighted by atomic mass is 28.3. The molecule has 1 aromatic heterocycles. The average Bonchev–Trinajstić information content (AvgIpc) is 3.75. The number of para-hydroxylation sites is 2. The molecular weight excluding hydrogens is 869 g/mol. The second-order valence-corrected chi connectivity index (χ2v) is 25.1. The highest BCUT2D eigenvalue weighted by molar-refractivity contribution is 7.20. The van der Waals surface area contributed by atoms with E-state index in [0.717, 1.165) is 22.2 Å². The molecule has 0 aliphatic rings. The fraction of sp³-hybridized carbons (Fsp3) is 0.0159. The maximum absolute atomic E-state index is 7.38. The van der Waals surface area contributed by atoms with Gasteiger partial charge in [0.1, 0.15) is 12.5 Å². The molecule has 0 aliphatic heterocycles. The Hall–Kier alpha value is -8.43. The van der Waals surface area contributed by atoms with Crippen molar-refractivity contribution in [3.8, 4) is 0 Å². The van der Waals surface area contributed by atoms with Crippen LogP contribution in [0.2, 0.25) is 0 Å². The van der Waals surface area contributed by atoms with Gasteiger partial charge in [-0.25, -0.2) is 9.98 Å². The van der Waals surface area contributed by atoms with Crippen LogP contribution in [-0.4, -0.2) is 32.4 Å². The highest BCUT2D eigenvalue weighted by Gasteiger charge is 2.43. The molecule has 4 nitrogen and oxygen atoms in total. The van der Waals surface area contributed by atoms with E-state index >= 15 is 0 Å². The first-order chi connectivity index (χ1) is 34.2. The van der Waals surface area contributed by atoms with Gasteiger partial charge in [-0.05, 0) is 53.6 Å². The van der Waals surface area contributed by atoms with E-state index in [2.05, 4.69) is 284 Å². The van der Waals surface area contributed by atoms with Gasteiger partial charge in [0.2, 0.25) is 0 Å². The van der Waals surface area contributed by atoms with E-state index in [1.54, 1.807) is 0 Å². The van der Waals surface area contributed by atoms with Crippen molar-refractivity contribution in [1.29, 1.82) is 0 Å². The Kier molecular flexibility index (Phi) is 11.9. The first-order valence-corrected chi connectivity index (χ1v) is 27.6. The minimum atomic E-state index is -2.89. The van der Waals surface area contributed by atoms with Crippen LogP contribution in [0.15, 0.2) is 289 Å². The predicted octanol–water partition coefficient (Wildman–Crippen LogP) is 8.36. The predicted molar refractivity (Wildman–Crippen MR) is 297 cm³/mol.